The summed E-state index contributed by atoms with van der Waals surface area (Å²) in [6.07, 6.45) is 82.2. The zero-order chi connectivity index (χ0) is 54.3. The Bertz CT molecular complexity index is 1390. The quantitative estimate of drug-likeness (QED) is 0.0261. The number of hydrogen-bond donors (Lipinski definition) is 0. The second kappa shape index (κ2) is 63.4. The van der Waals surface area contributed by atoms with E-state index in [0.717, 1.165) is 83.5 Å². The number of rotatable bonds is 59. The standard InChI is InChI=1S/C69H122O6/c1-4-7-10-13-16-19-22-25-27-28-29-30-31-32-33-34-35-36-37-38-39-40-42-44-47-50-53-56-59-62-68(71)74-65-66(64-73-67(70)61-58-55-52-49-46-43-24-21-18-15-12-9-6-3)75-69(72)63-60-57-54-51-48-45-41-26-23-20-17-14-11-8-5-2/h8,11,17,20-21,24,26,28-29,41,48,51,66H,4-7,9-10,12-16,18-19,22-23,25,27,30-40,42-47,49-50,52-65H2,1-3H3/b11-8-,20-17-,24-21-,29-28-,41-26-,51-48-. The van der Waals surface area contributed by atoms with Crippen molar-refractivity contribution in [2.45, 2.75) is 335 Å². The number of ether oxygens (including phenoxy) is 3. The lowest BCUT2D eigenvalue weighted by Crippen LogP contribution is -2.30. The minimum atomic E-state index is -0.800. The molecule has 0 saturated heterocycles. The predicted octanol–water partition coefficient (Wildman–Crippen LogP) is 22.1. The van der Waals surface area contributed by atoms with Gasteiger partial charge in [0.25, 0.3) is 0 Å². The molecule has 6 heteroatoms. The molecule has 0 aliphatic carbocycles. The van der Waals surface area contributed by atoms with Crippen LogP contribution in [-0.2, 0) is 28.6 Å². The van der Waals surface area contributed by atoms with Crippen LogP contribution in [-0.4, -0.2) is 37.2 Å². The molecule has 0 aromatic heterocycles. The lowest BCUT2D eigenvalue weighted by atomic mass is 10.0. The van der Waals surface area contributed by atoms with Gasteiger partial charge in [-0.05, 0) is 109 Å². The lowest BCUT2D eigenvalue weighted by molar-refractivity contribution is -0.167. The van der Waals surface area contributed by atoms with Gasteiger partial charge in [0.1, 0.15) is 13.2 Å². The zero-order valence-electron chi connectivity index (χ0n) is 49.8. The highest BCUT2D eigenvalue weighted by molar-refractivity contribution is 5.71. The maximum atomic E-state index is 12.9. The van der Waals surface area contributed by atoms with E-state index in [2.05, 4.69) is 93.7 Å². The van der Waals surface area contributed by atoms with E-state index >= 15 is 0 Å². The number of carbonyl (C=O) groups excluding carboxylic acids is 3. The number of unbranched alkanes of at least 4 members (excludes halogenated alkanes) is 36. The van der Waals surface area contributed by atoms with Crippen LogP contribution in [0, 0.1) is 0 Å². The van der Waals surface area contributed by atoms with Crippen LogP contribution in [0.2, 0.25) is 0 Å². The third-order valence-corrected chi connectivity index (χ3v) is 14.2. The van der Waals surface area contributed by atoms with Crippen molar-refractivity contribution in [3.63, 3.8) is 0 Å². The van der Waals surface area contributed by atoms with E-state index in [4.69, 9.17) is 14.2 Å². The van der Waals surface area contributed by atoms with Crippen molar-refractivity contribution < 1.29 is 28.6 Å². The first-order valence-corrected chi connectivity index (χ1v) is 32.4. The zero-order valence-corrected chi connectivity index (χ0v) is 49.8. The molecule has 75 heavy (non-hydrogen) atoms. The summed E-state index contributed by atoms with van der Waals surface area (Å²) in [6.45, 7) is 6.50. The molecule has 0 radical (unpaired) electrons. The fraction of sp³-hybridized carbons (Fsp3) is 0.783. The van der Waals surface area contributed by atoms with Gasteiger partial charge in [0.05, 0.1) is 0 Å². The Morgan fingerprint density at radius 2 is 0.520 bits per heavy atom. The second-order valence-corrected chi connectivity index (χ2v) is 21.6. The molecule has 0 spiro atoms. The summed E-state index contributed by atoms with van der Waals surface area (Å²) in [5.74, 6) is -0.931. The van der Waals surface area contributed by atoms with Crippen LogP contribution in [0.1, 0.15) is 329 Å². The van der Waals surface area contributed by atoms with Gasteiger partial charge < -0.3 is 14.2 Å². The van der Waals surface area contributed by atoms with Crippen molar-refractivity contribution in [1.29, 1.82) is 0 Å². The molecule has 0 rings (SSSR count). The second-order valence-electron chi connectivity index (χ2n) is 21.6. The van der Waals surface area contributed by atoms with Crippen molar-refractivity contribution in [3.05, 3.63) is 72.9 Å². The van der Waals surface area contributed by atoms with Gasteiger partial charge in [-0.3, -0.25) is 14.4 Å². The minimum absolute atomic E-state index is 0.0925. The fourth-order valence-corrected chi connectivity index (χ4v) is 9.31. The number of carbonyl (C=O) groups is 3. The molecule has 0 bridgehead atoms. The summed E-state index contributed by atoms with van der Waals surface area (Å²) < 4.78 is 16.9. The summed E-state index contributed by atoms with van der Waals surface area (Å²) in [6, 6.07) is 0. The van der Waals surface area contributed by atoms with Gasteiger partial charge in [0.2, 0.25) is 0 Å². The van der Waals surface area contributed by atoms with Gasteiger partial charge in [-0.1, -0.05) is 273 Å². The number of allylic oxidation sites excluding steroid dienone is 12. The minimum Gasteiger partial charge on any atom is -0.462 e. The van der Waals surface area contributed by atoms with E-state index in [1.165, 1.54) is 199 Å². The Balaban J connectivity index is 4.21. The topological polar surface area (TPSA) is 78.9 Å². The van der Waals surface area contributed by atoms with E-state index in [9.17, 15) is 14.4 Å². The molecule has 1 unspecified atom stereocenters. The van der Waals surface area contributed by atoms with Gasteiger partial charge in [-0.2, -0.15) is 0 Å². The van der Waals surface area contributed by atoms with Crippen LogP contribution in [0.5, 0.6) is 0 Å². The predicted molar refractivity (Wildman–Crippen MR) is 325 cm³/mol. The van der Waals surface area contributed by atoms with E-state index in [1.807, 2.05) is 0 Å². The highest BCUT2D eigenvalue weighted by atomic mass is 16.6. The molecule has 434 valence electrons. The summed E-state index contributed by atoms with van der Waals surface area (Å²) in [5.41, 5.74) is 0. The first-order chi connectivity index (χ1) is 37.0. The Kier molecular flexibility index (Phi) is 60.7. The van der Waals surface area contributed by atoms with Crippen LogP contribution >= 0.6 is 0 Å². The van der Waals surface area contributed by atoms with Crippen LogP contribution in [0.15, 0.2) is 72.9 Å². The van der Waals surface area contributed by atoms with Gasteiger partial charge in [0, 0.05) is 19.3 Å². The Hall–Kier alpha value is -3.15. The summed E-state index contributed by atoms with van der Waals surface area (Å²) in [5, 5.41) is 0. The molecule has 6 nitrogen and oxygen atoms in total. The third kappa shape index (κ3) is 61.6. The van der Waals surface area contributed by atoms with E-state index < -0.39 is 6.10 Å². The first kappa shape index (κ1) is 71.8. The van der Waals surface area contributed by atoms with E-state index in [1.54, 1.807) is 0 Å². The summed E-state index contributed by atoms with van der Waals surface area (Å²) in [4.78, 5) is 38.2. The van der Waals surface area contributed by atoms with Crippen molar-refractivity contribution in [1.82, 2.24) is 0 Å². The normalized spacial score (nSPS) is 12.5. The fourth-order valence-electron chi connectivity index (χ4n) is 9.31. The van der Waals surface area contributed by atoms with Crippen LogP contribution in [0.4, 0.5) is 0 Å². The molecule has 1 atom stereocenters. The molecule has 0 fully saturated rings. The average Bonchev–Trinajstić information content (AvgIpc) is 3.41. The van der Waals surface area contributed by atoms with Gasteiger partial charge in [-0.25, -0.2) is 0 Å². The smallest absolute Gasteiger partial charge is 0.306 e. The Labute approximate surface area is 465 Å². The molecule has 0 aliphatic heterocycles. The van der Waals surface area contributed by atoms with Crippen molar-refractivity contribution in [3.8, 4) is 0 Å². The molecule has 0 amide bonds. The highest BCUT2D eigenvalue weighted by Gasteiger charge is 2.19. The summed E-state index contributed by atoms with van der Waals surface area (Å²) >= 11 is 0. The maximum absolute atomic E-state index is 12.9. The van der Waals surface area contributed by atoms with Crippen LogP contribution in [0.25, 0.3) is 0 Å². The van der Waals surface area contributed by atoms with Gasteiger partial charge in [-0.15, -0.1) is 0 Å². The summed E-state index contributed by atoms with van der Waals surface area (Å²) in [7, 11) is 0. The lowest BCUT2D eigenvalue weighted by Gasteiger charge is -2.18. The van der Waals surface area contributed by atoms with E-state index in [0.29, 0.717) is 19.3 Å². The van der Waals surface area contributed by atoms with Crippen molar-refractivity contribution >= 4 is 17.9 Å². The molecular weight excluding hydrogens is 925 g/mol. The van der Waals surface area contributed by atoms with Crippen LogP contribution < -0.4 is 0 Å². The largest absolute Gasteiger partial charge is 0.462 e. The monoisotopic (exact) mass is 1050 g/mol. The molecule has 0 N–H and O–H groups in total. The van der Waals surface area contributed by atoms with Crippen LogP contribution in [0.3, 0.4) is 0 Å². The molecule has 0 heterocycles. The molecule has 0 saturated carbocycles. The van der Waals surface area contributed by atoms with Gasteiger partial charge >= 0.3 is 17.9 Å². The number of hydrogen-bond acceptors (Lipinski definition) is 6. The Morgan fingerprint density at radius 1 is 0.280 bits per heavy atom. The molecule has 0 aromatic carbocycles. The highest BCUT2D eigenvalue weighted by Crippen LogP contribution is 2.17. The maximum Gasteiger partial charge on any atom is 0.306 e. The average molecular weight is 1050 g/mol. The van der Waals surface area contributed by atoms with E-state index in [-0.39, 0.29) is 37.5 Å². The van der Waals surface area contributed by atoms with Crippen molar-refractivity contribution in [2.75, 3.05) is 13.2 Å². The molecule has 0 aromatic rings. The Morgan fingerprint density at radius 3 is 0.867 bits per heavy atom. The third-order valence-electron chi connectivity index (χ3n) is 14.2. The first-order valence-electron chi connectivity index (χ1n) is 32.4. The molecular formula is C69H122O6. The molecule has 0 aliphatic rings. The van der Waals surface area contributed by atoms with Gasteiger partial charge in [0.15, 0.2) is 6.10 Å². The SMILES string of the molecule is CC/C=C\C/C=C\C/C=C\C/C=C\CCCCC(=O)OC(COC(=O)CCCCCCC/C=C\CCCCCC)COC(=O)CCCCCCCCCCCCCCCCCCC/C=C\CCCCCCCCCC. The van der Waals surface area contributed by atoms with Crippen molar-refractivity contribution in [2.24, 2.45) is 0 Å². The number of esters is 3.